The molecule has 1 aromatic rings. The predicted octanol–water partition coefficient (Wildman–Crippen LogP) is 3.13. The van der Waals surface area contributed by atoms with E-state index in [2.05, 4.69) is 17.1 Å². The lowest BCUT2D eigenvalue weighted by molar-refractivity contribution is 0.281. The topological polar surface area (TPSA) is 34.0 Å². The smallest absolute Gasteiger partial charge is 0.205 e. The average molecular weight is 237 g/mol. The standard InChI is InChI=1S/C12H13ClN2O/c1-8-7-16-9(2)14-15-12(8)10-3-5-11(13)6-4-10/h3-6,8H,7H2,1-2H3. The van der Waals surface area contributed by atoms with Crippen molar-refractivity contribution in [2.45, 2.75) is 13.8 Å². The molecule has 0 amide bonds. The van der Waals surface area contributed by atoms with Crippen molar-refractivity contribution in [1.29, 1.82) is 0 Å². The number of nitrogens with zero attached hydrogens (tertiary/aromatic N) is 2. The van der Waals surface area contributed by atoms with Crippen LogP contribution in [0.5, 0.6) is 0 Å². The van der Waals surface area contributed by atoms with Crippen molar-refractivity contribution in [1.82, 2.24) is 0 Å². The Hall–Kier alpha value is -1.35. The molecule has 1 heterocycles. The highest BCUT2D eigenvalue weighted by molar-refractivity contribution is 6.30. The third-order valence-corrected chi connectivity index (χ3v) is 2.70. The predicted molar refractivity (Wildman–Crippen MR) is 66.2 cm³/mol. The Bertz CT molecular complexity index is 437. The lowest BCUT2D eigenvalue weighted by Gasteiger charge is -2.11. The van der Waals surface area contributed by atoms with Crippen molar-refractivity contribution in [3.05, 3.63) is 34.9 Å². The second-order valence-corrected chi connectivity index (χ2v) is 4.26. The molecule has 4 heteroatoms. The van der Waals surface area contributed by atoms with Crippen molar-refractivity contribution < 1.29 is 4.74 Å². The van der Waals surface area contributed by atoms with Crippen LogP contribution >= 0.6 is 11.6 Å². The minimum absolute atomic E-state index is 0.224. The van der Waals surface area contributed by atoms with Crippen LogP contribution in [0.1, 0.15) is 19.4 Å². The average Bonchev–Trinajstić information content (AvgIpc) is 2.44. The van der Waals surface area contributed by atoms with Crippen LogP contribution in [0.15, 0.2) is 34.5 Å². The SMILES string of the molecule is CC1=NN=C(c2ccc(Cl)cc2)C(C)CO1. The van der Waals surface area contributed by atoms with Gasteiger partial charge in [-0.3, -0.25) is 0 Å². The van der Waals surface area contributed by atoms with E-state index in [4.69, 9.17) is 16.3 Å². The summed E-state index contributed by atoms with van der Waals surface area (Å²) < 4.78 is 5.40. The number of halogens is 1. The van der Waals surface area contributed by atoms with Crippen molar-refractivity contribution in [3.63, 3.8) is 0 Å². The van der Waals surface area contributed by atoms with Gasteiger partial charge in [-0.25, -0.2) is 0 Å². The van der Waals surface area contributed by atoms with E-state index >= 15 is 0 Å². The van der Waals surface area contributed by atoms with E-state index < -0.39 is 0 Å². The van der Waals surface area contributed by atoms with Crippen molar-refractivity contribution in [3.8, 4) is 0 Å². The summed E-state index contributed by atoms with van der Waals surface area (Å²) in [6.07, 6.45) is 0. The molecule has 0 fully saturated rings. The molecule has 0 N–H and O–H groups in total. The van der Waals surface area contributed by atoms with Crippen molar-refractivity contribution >= 4 is 23.2 Å². The molecule has 0 radical (unpaired) electrons. The lowest BCUT2D eigenvalue weighted by atomic mass is 9.99. The molecule has 1 aliphatic rings. The first-order valence-corrected chi connectivity index (χ1v) is 5.55. The Kier molecular flexibility index (Phi) is 3.25. The maximum atomic E-state index is 5.85. The second kappa shape index (κ2) is 4.66. The first-order valence-electron chi connectivity index (χ1n) is 5.17. The summed E-state index contributed by atoms with van der Waals surface area (Å²) in [5, 5.41) is 8.95. The first-order chi connectivity index (χ1) is 7.66. The van der Waals surface area contributed by atoms with Gasteiger partial charge < -0.3 is 4.74 Å². The summed E-state index contributed by atoms with van der Waals surface area (Å²) in [6.45, 7) is 4.49. The largest absolute Gasteiger partial charge is 0.479 e. The highest BCUT2D eigenvalue weighted by Gasteiger charge is 2.16. The quantitative estimate of drug-likeness (QED) is 0.738. The Morgan fingerprint density at radius 1 is 1.25 bits per heavy atom. The first kappa shape index (κ1) is 11.1. The van der Waals surface area contributed by atoms with Crippen LogP contribution in [0, 0.1) is 5.92 Å². The fourth-order valence-corrected chi connectivity index (χ4v) is 1.67. The summed E-state index contributed by atoms with van der Waals surface area (Å²) in [7, 11) is 0. The molecule has 0 aliphatic carbocycles. The van der Waals surface area contributed by atoms with E-state index in [0.29, 0.717) is 12.5 Å². The fraction of sp³-hybridized carbons (Fsp3) is 0.333. The van der Waals surface area contributed by atoms with Gasteiger partial charge in [-0.05, 0) is 17.7 Å². The van der Waals surface area contributed by atoms with Gasteiger partial charge in [0.2, 0.25) is 5.90 Å². The summed E-state index contributed by atoms with van der Waals surface area (Å²) in [4.78, 5) is 0. The van der Waals surface area contributed by atoms with Gasteiger partial charge in [-0.15, -0.1) is 5.10 Å². The van der Waals surface area contributed by atoms with Gasteiger partial charge in [0.1, 0.15) is 0 Å². The molecule has 0 saturated carbocycles. The van der Waals surface area contributed by atoms with Gasteiger partial charge in [0.15, 0.2) is 0 Å². The van der Waals surface area contributed by atoms with E-state index in [1.165, 1.54) is 0 Å². The number of hydrogen-bond acceptors (Lipinski definition) is 3. The minimum atomic E-state index is 0.224. The maximum Gasteiger partial charge on any atom is 0.205 e. The number of benzene rings is 1. The van der Waals surface area contributed by atoms with Crippen LogP contribution in [0.2, 0.25) is 5.02 Å². The Balaban J connectivity index is 2.34. The van der Waals surface area contributed by atoms with Gasteiger partial charge in [0.25, 0.3) is 0 Å². The second-order valence-electron chi connectivity index (χ2n) is 3.82. The van der Waals surface area contributed by atoms with E-state index in [1.54, 1.807) is 6.92 Å². The molecule has 3 nitrogen and oxygen atoms in total. The van der Waals surface area contributed by atoms with Crippen LogP contribution in [-0.4, -0.2) is 18.2 Å². The molecule has 0 spiro atoms. The van der Waals surface area contributed by atoms with E-state index in [1.807, 2.05) is 24.3 Å². The molecule has 2 rings (SSSR count). The van der Waals surface area contributed by atoms with Crippen LogP contribution < -0.4 is 0 Å². The minimum Gasteiger partial charge on any atom is -0.479 e. The molecule has 1 aromatic carbocycles. The summed E-state index contributed by atoms with van der Waals surface area (Å²) in [5.41, 5.74) is 1.98. The third kappa shape index (κ3) is 2.42. The Labute approximate surface area is 99.8 Å². The zero-order valence-corrected chi connectivity index (χ0v) is 10.0. The molecule has 1 unspecified atom stereocenters. The van der Waals surface area contributed by atoms with Crippen LogP contribution in [0.3, 0.4) is 0 Å². The third-order valence-electron chi connectivity index (χ3n) is 2.45. The molecule has 16 heavy (non-hydrogen) atoms. The Morgan fingerprint density at radius 2 is 1.94 bits per heavy atom. The monoisotopic (exact) mass is 236 g/mol. The van der Waals surface area contributed by atoms with Gasteiger partial charge in [-0.2, -0.15) is 5.10 Å². The van der Waals surface area contributed by atoms with Gasteiger partial charge in [0.05, 0.1) is 12.3 Å². The van der Waals surface area contributed by atoms with Gasteiger partial charge in [0, 0.05) is 17.9 Å². The molecule has 0 aromatic heterocycles. The van der Waals surface area contributed by atoms with Crippen LogP contribution in [-0.2, 0) is 4.74 Å². The Morgan fingerprint density at radius 3 is 2.62 bits per heavy atom. The zero-order chi connectivity index (χ0) is 11.5. The maximum absolute atomic E-state index is 5.85. The van der Waals surface area contributed by atoms with E-state index in [9.17, 15) is 0 Å². The highest BCUT2D eigenvalue weighted by Crippen LogP contribution is 2.16. The van der Waals surface area contributed by atoms with Crippen LogP contribution in [0.25, 0.3) is 0 Å². The highest BCUT2D eigenvalue weighted by atomic mass is 35.5. The van der Waals surface area contributed by atoms with Crippen LogP contribution in [0.4, 0.5) is 0 Å². The number of hydrogen-bond donors (Lipinski definition) is 0. The van der Waals surface area contributed by atoms with Gasteiger partial charge in [-0.1, -0.05) is 30.7 Å². The normalized spacial score (nSPS) is 20.6. The molecule has 1 aliphatic heterocycles. The molecular weight excluding hydrogens is 224 g/mol. The van der Waals surface area contributed by atoms with E-state index in [0.717, 1.165) is 16.3 Å². The summed E-state index contributed by atoms with van der Waals surface area (Å²) >= 11 is 5.85. The van der Waals surface area contributed by atoms with Crippen molar-refractivity contribution in [2.75, 3.05) is 6.61 Å². The van der Waals surface area contributed by atoms with Crippen molar-refractivity contribution in [2.24, 2.45) is 16.1 Å². The molecule has 0 saturated heterocycles. The van der Waals surface area contributed by atoms with Gasteiger partial charge >= 0.3 is 0 Å². The number of rotatable bonds is 1. The summed E-state index contributed by atoms with van der Waals surface area (Å²) in [6, 6.07) is 7.62. The fourth-order valence-electron chi connectivity index (χ4n) is 1.54. The molecule has 0 bridgehead atoms. The summed E-state index contributed by atoms with van der Waals surface area (Å²) in [5.74, 6) is 0.832. The lowest BCUT2D eigenvalue weighted by Crippen LogP contribution is -2.17. The molecule has 1 atom stereocenters. The molecule has 84 valence electrons. The zero-order valence-electron chi connectivity index (χ0n) is 9.27. The molecular formula is C12H13ClN2O. The van der Waals surface area contributed by atoms with E-state index in [-0.39, 0.29) is 5.92 Å². The number of ether oxygens (including phenoxy) is 1.